The molecule has 0 bridgehead atoms. The van der Waals surface area contributed by atoms with Crippen LogP contribution in [0.2, 0.25) is 0 Å². The molecule has 0 aromatic heterocycles. The maximum Gasteiger partial charge on any atom is 0 e. The molecule has 4 heavy (non-hydrogen) atoms. The maximum atomic E-state index is 0. The van der Waals surface area contributed by atoms with Gasteiger partial charge in [0.05, 0.1) is 0 Å². The van der Waals surface area contributed by atoms with Gasteiger partial charge in [0, 0.05) is 88.9 Å². The molecule has 0 spiro atoms. The summed E-state index contributed by atoms with van der Waals surface area (Å²) in [5.41, 5.74) is 0. The second-order valence-electron chi connectivity index (χ2n) is 0. The minimum Gasteiger partial charge on any atom is 0 e. The monoisotopic (exact) mass is 415 g/mol. The van der Waals surface area contributed by atoms with Crippen LogP contribution >= 0.6 is 0 Å². The average Bonchev–Trinajstić information content (AvgIpc) is 0. The van der Waals surface area contributed by atoms with Gasteiger partial charge in [-0.1, -0.05) is 0 Å². The smallest absolute Gasteiger partial charge is 0 e. The Morgan fingerprint density at radius 1 is 0.750 bits per heavy atom. The zero-order valence-corrected chi connectivity index (χ0v) is 11.0. The first-order chi connectivity index (χ1) is 0. The summed E-state index contributed by atoms with van der Waals surface area (Å²) in [7, 11) is 0. The van der Waals surface area contributed by atoms with Crippen LogP contribution in [0.5, 0.6) is 0 Å². The molecule has 4 heteroatoms. The van der Waals surface area contributed by atoms with E-state index in [1.54, 1.807) is 0 Å². The Bertz CT molecular complexity index is 6.00. The van der Waals surface area contributed by atoms with E-state index < -0.39 is 0 Å². The summed E-state index contributed by atoms with van der Waals surface area (Å²) in [5, 5.41) is 0. The van der Waals surface area contributed by atoms with Crippen LogP contribution in [-0.4, -0.2) is 0 Å². The van der Waals surface area contributed by atoms with Crippen LogP contribution in [0.1, 0.15) is 0 Å². The zero-order valence-electron chi connectivity index (χ0n) is 1.84. The minimum absolute atomic E-state index is 0. The predicted molar refractivity (Wildman–Crippen MR) is 0 cm³/mol. The fourth-order valence-electron chi connectivity index (χ4n) is 0. The van der Waals surface area contributed by atoms with Gasteiger partial charge in [-0.3, -0.25) is 0 Å². The Morgan fingerprint density at radius 3 is 0.750 bits per heavy atom. The molecule has 0 nitrogen and oxygen atoms in total. The van der Waals surface area contributed by atoms with Crippen molar-refractivity contribution in [1.29, 1.82) is 0 Å². The van der Waals surface area contributed by atoms with Gasteiger partial charge < -0.3 is 0 Å². The zero-order chi connectivity index (χ0) is 0. The topological polar surface area (TPSA) is 0 Å². The summed E-state index contributed by atoms with van der Waals surface area (Å²) in [6.45, 7) is 0. The van der Waals surface area contributed by atoms with Crippen molar-refractivity contribution in [3.63, 3.8) is 0 Å². The van der Waals surface area contributed by atoms with Gasteiger partial charge >= 0.3 is 0 Å². The summed E-state index contributed by atoms with van der Waals surface area (Å²) < 4.78 is 0. The maximum absolute atomic E-state index is 0. The summed E-state index contributed by atoms with van der Waals surface area (Å²) in [6, 6.07) is 0. The molecule has 0 saturated heterocycles. The Balaban J connectivity index is 0. The normalized spacial score (nSPS) is 0. The first-order valence-electron chi connectivity index (χ1n) is 0. The van der Waals surface area contributed by atoms with E-state index in [4.69, 9.17) is 0 Å². The molecule has 0 rings (SSSR count). The van der Waals surface area contributed by atoms with Crippen molar-refractivity contribution in [3.8, 4) is 0 Å². The molecule has 0 N–H and O–H groups in total. The van der Waals surface area contributed by atoms with Gasteiger partial charge in [-0.2, -0.15) is 0 Å². The molecular formula is Nb2TaTi. The molecule has 0 aliphatic rings. The molecule has 0 aromatic carbocycles. The summed E-state index contributed by atoms with van der Waals surface area (Å²) >= 11 is 0. The van der Waals surface area contributed by atoms with Crippen LogP contribution < -0.4 is 0 Å². The Kier molecular flexibility index (Phi) is 119. The van der Waals surface area contributed by atoms with E-state index in [0.717, 1.165) is 0 Å². The first kappa shape index (κ1) is 28.4. The molecule has 0 amide bonds. The van der Waals surface area contributed by atoms with Crippen LogP contribution in [-0.2, 0) is 88.9 Å². The summed E-state index contributed by atoms with van der Waals surface area (Å²) in [6.07, 6.45) is 0. The Hall–Kier alpha value is 2.94. The fraction of sp³-hybridized carbons (Fsp3) is 0. The molecule has 0 saturated carbocycles. The molecular weight excluding hydrogens is 415 g/mol. The van der Waals surface area contributed by atoms with Crippen molar-refractivity contribution in [2.45, 2.75) is 0 Å². The van der Waals surface area contributed by atoms with Gasteiger partial charge in [-0.25, -0.2) is 0 Å². The van der Waals surface area contributed by atoms with Crippen molar-refractivity contribution in [1.82, 2.24) is 0 Å². The van der Waals surface area contributed by atoms with Crippen LogP contribution in [0.4, 0.5) is 0 Å². The predicted octanol–water partition coefficient (Wildman–Crippen LogP) is -0.0100. The third kappa shape index (κ3) is 8.87. The third-order valence-electron chi connectivity index (χ3n) is 0. The molecule has 0 unspecified atom stereocenters. The fourth-order valence-corrected chi connectivity index (χ4v) is 0. The van der Waals surface area contributed by atoms with Crippen molar-refractivity contribution >= 4 is 0 Å². The van der Waals surface area contributed by atoms with E-state index in [2.05, 4.69) is 0 Å². The second-order valence-corrected chi connectivity index (χ2v) is 0. The van der Waals surface area contributed by atoms with Gasteiger partial charge in [0.2, 0.25) is 0 Å². The van der Waals surface area contributed by atoms with Gasteiger partial charge in [0.25, 0.3) is 0 Å². The SMILES string of the molecule is [Nb].[Nb].[Ta].[Ti]. The standard InChI is InChI=1S/2Nb.Ta.Ti. The van der Waals surface area contributed by atoms with Gasteiger partial charge in [-0.05, 0) is 0 Å². The second kappa shape index (κ2) is 16.8. The number of hydrogen-bond acceptors (Lipinski definition) is 0. The van der Waals surface area contributed by atoms with Crippen LogP contribution in [0.25, 0.3) is 0 Å². The molecule has 0 aliphatic heterocycles. The Morgan fingerprint density at radius 2 is 0.750 bits per heavy atom. The van der Waals surface area contributed by atoms with E-state index >= 15 is 0 Å². The van der Waals surface area contributed by atoms with Gasteiger partial charge in [0.1, 0.15) is 0 Å². The van der Waals surface area contributed by atoms with E-state index in [1.807, 2.05) is 0 Å². The minimum atomic E-state index is 0. The average molecular weight is 415 g/mol. The molecule has 0 atom stereocenters. The molecule has 19 valence electrons. The first-order valence-corrected chi connectivity index (χ1v) is 0. The third-order valence-corrected chi connectivity index (χ3v) is 0. The van der Waals surface area contributed by atoms with Crippen molar-refractivity contribution in [3.05, 3.63) is 0 Å². The van der Waals surface area contributed by atoms with Gasteiger partial charge in [0.15, 0.2) is 0 Å². The van der Waals surface area contributed by atoms with Gasteiger partial charge in [-0.15, -0.1) is 0 Å². The van der Waals surface area contributed by atoms with E-state index in [9.17, 15) is 0 Å². The van der Waals surface area contributed by atoms with E-state index in [0.29, 0.717) is 0 Å². The summed E-state index contributed by atoms with van der Waals surface area (Å²) in [4.78, 5) is 0. The quantitative estimate of drug-likeness (QED) is 0.489. The van der Waals surface area contributed by atoms with Crippen molar-refractivity contribution in [2.75, 3.05) is 0 Å². The Labute approximate surface area is 87.3 Å². The van der Waals surface area contributed by atoms with Crippen LogP contribution in [0.3, 0.4) is 0 Å². The van der Waals surface area contributed by atoms with Crippen molar-refractivity contribution < 1.29 is 88.9 Å². The summed E-state index contributed by atoms with van der Waals surface area (Å²) in [5.74, 6) is 0. The van der Waals surface area contributed by atoms with Crippen LogP contribution in [0, 0.1) is 0 Å². The number of rotatable bonds is 0. The van der Waals surface area contributed by atoms with Crippen molar-refractivity contribution in [2.24, 2.45) is 0 Å². The number of hydrogen-bond donors (Lipinski definition) is 0. The molecule has 0 fully saturated rings. The molecule has 3 radical (unpaired) electrons. The van der Waals surface area contributed by atoms with E-state index in [1.165, 1.54) is 0 Å². The largest absolute Gasteiger partial charge is 0 e. The van der Waals surface area contributed by atoms with Crippen LogP contribution in [0.15, 0.2) is 0 Å². The molecule has 0 aliphatic carbocycles. The molecule has 0 heterocycles. The molecule has 0 aromatic rings. The van der Waals surface area contributed by atoms with E-state index in [-0.39, 0.29) is 88.9 Å².